The molecule has 0 radical (unpaired) electrons. The Morgan fingerprint density at radius 2 is 2.12 bits per heavy atom. The Balaban J connectivity index is 2.00. The highest BCUT2D eigenvalue weighted by Crippen LogP contribution is 2.10. The molecule has 0 aliphatic carbocycles. The zero-order valence-corrected chi connectivity index (χ0v) is 10.1. The number of hydrazone groups is 1. The van der Waals surface area contributed by atoms with E-state index in [-0.39, 0.29) is 0 Å². The van der Waals surface area contributed by atoms with Crippen molar-refractivity contribution in [1.29, 1.82) is 0 Å². The number of hydrogen-bond acceptors (Lipinski definition) is 3. The van der Waals surface area contributed by atoms with Gasteiger partial charge in [-0.25, -0.2) is 4.98 Å². The molecule has 0 atom stereocenters. The van der Waals surface area contributed by atoms with Crippen molar-refractivity contribution in [1.82, 2.24) is 4.98 Å². The zero-order valence-electron chi connectivity index (χ0n) is 8.47. The van der Waals surface area contributed by atoms with E-state index in [0.717, 1.165) is 15.9 Å². The first kappa shape index (κ1) is 10.8. The predicted octanol–water partition coefficient (Wildman–Crippen LogP) is 3.29. The van der Waals surface area contributed by atoms with Crippen molar-refractivity contribution in [3.05, 3.63) is 58.7 Å². The molecule has 0 amide bonds. The van der Waals surface area contributed by atoms with E-state index in [9.17, 15) is 0 Å². The van der Waals surface area contributed by atoms with Gasteiger partial charge in [-0.1, -0.05) is 34.1 Å². The normalized spacial score (nSPS) is 10.6. The van der Waals surface area contributed by atoms with Crippen LogP contribution >= 0.6 is 15.9 Å². The van der Waals surface area contributed by atoms with Crippen LogP contribution in [0.1, 0.15) is 5.56 Å². The van der Waals surface area contributed by atoms with Crippen LogP contribution in [0.5, 0.6) is 0 Å². The smallest absolute Gasteiger partial charge is 0.146 e. The summed E-state index contributed by atoms with van der Waals surface area (Å²) in [5.74, 6) is 0.730. The van der Waals surface area contributed by atoms with Gasteiger partial charge in [0.1, 0.15) is 5.82 Å². The highest BCUT2D eigenvalue weighted by molar-refractivity contribution is 9.10. The maximum atomic E-state index is 4.09. The lowest BCUT2D eigenvalue weighted by Gasteiger charge is -1.97. The highest BCUT2D eigenvalue weighted by atomic mass is 79.9. The summed E-state index contributed by atoms with van der Waals surface area (Å²) in [6, 6.07) is 13.5. The Morgan fingerprint density at radius 1 is 1.19 bits per heavy atom. The molecule has 1 aromatic heterocycles. The van der Waals surface area contributed by atoms with Gasteiger partial charge in [-0.3, -0.25) is 5.43 Å². The monoisotopic (exact) mass is 275 g/mol. The summed E-state index contributed by atoms with van der Waals surface area (Å²) in [5, 5.41) is 4.09. The van der Waals surface area contributed by atoms with Gasteiger partial charge in [0.15, 0.2) is 0 Å². The second-order valence-corrected chi connectivity index (χ2v) is 4.06. The molecular formula is C12H10BrN3. The van der Waals surface area contributed by atoms with Crippen molar-refractivity contribution in [2.45, 2.75) is 0 Å². The third-order valence-electron chi connectivity index (χ3n) is 1.91. The second-order valence-electron chi connectivity index (χ2n) is 3.14. The van der Waals surface area contributed by atoms with Crippen LogP contribution in [0.15, 0.2) is 58.2 Å². The lowest BCUT2D eigenvalue weighted by Crippen LogP contribution is -1.92. The van der Waals surface area contributed by atoms with E-state index >= 15 is 0 Å². The predicted molar refractivity (Wildman–Crippen MR) is 69.6 cm³/mol. The second kappa shape index (κ2) is 5.42. The summed E-state index contributed by atoms with van der Waals surface area (Å²) in [5.41, 5.74) is 3.88. The van der Waals surface area contributed by atoms with Gasteiger partial charge in [-0.2, -0.15) is 5.10 Å². The number of benzene rings is 1. The van der Waals surface area contributed by atoms with E-state index in [4.69, 9.17) is 0 Å². The Hall–Kier alpha value is -1.68. The summed E-state index contributed by atoms with van der Waals surface area (Å²) in [4.78, 5) is 4.09. The van der Waals surface area contributed by atoms with Gasteiger partial charge in [0, 0.05) is 10.7 Å². The number of pyridine rings is 1. The molecule has 0 saturated carbocycles. The van der Waals surface area contributed by atoms with Crippen LogP contribution in [0, 0.1) is 0 Å². The van der Waals surface area contributed by atoms with Crippen LogP contribution in [0.4, 0.5) is 5.82 Å². The molecule has 0 spiro atoms. The molecule has 1 heterocycles. The first-order chi connectivity index (χ1) is 7.84. The van der Waals surface area contributed by atoms with Crippen LogP contribution in [0.2, 0.25) is 0 Å². The molecule has 1 aromatic carbocycles. The van der Waals surface area contributed by atoms with Crippen molar-refractivity contribution < 1.29 is 0 Å². The first-order valence-corrected chi connectivity index (χ1v) is 5.59. The molecule has 0 saturated heterocycles. The van der Waals surface area contributed by atoms with E-state index in [1.165, 1.54) is 0 Å². The van der Waals surface area contributed by atoms with Gasteiger partial charge in [-0.05, 0) is 29.8 Å². The molecule has 2 aromatic rings. The number of anilines is 1. The minimum atomic E-state index is 0.730. The van der Waals surface area contributed by atoms with Gasteiger partial charge < -0.3 is 0 Å². The third-order valence-corrected chi connectivity index (χ3v) is 2.40. The molecule has 0 unspecified atom stereocenters. The van der Waals surface area contributed by atoms with Crippen LogP contribution in [-0.2, 0) is 0 Å². The fourth-order valence-electron chi connectivity index (χ4n) is 1.19. The Morgan fingerprint density at radius 3 is 2.88 bits per heavy atom. The zero-order chi connectivity index (χ0) is 11.2. The number of nitrogens with zero attached hydrogens (tertiary/aromatic N) is 2. The fraction of sp³-hybridized carbons (Fsp3) is 0. The standard InChI is InChI=1S/C12H10BrN3/c13-11-5-3-4-10(8-11)9-15-16-12-6-1-2-7-14-12/h1-9H,(H,14,16)/b15-9+. The molecule has 0 fully saturated rings. The third kappa shape index (κ3) is 3.17. The topological polar surface area (TPSA) is 37.3 Å². The molecule has 0 aliphatic heterocycles. The summed E-state index contributed by atoms with van der Waals surface area (Å²) >= 11 is 3.40. The molecule has 80 valence electrons. The molecule has 0 bridgehead atoms. The van der Waals surface area contributed by atoms with Crippen molar-refractivity contribution in [2.75, 3.05) is 5.43 Å². The van der Waals surface area contributed by atoms with Gasteiger partial charge in [0.05, 0.1) is 6.21 Å². The lowest BCUT2D eigenvalue weighted by atomic mass is 10.2. The van der Waals surface area contributed by atoms with Crippen LogP contribution < -0.4 is 5.43 Å². The number of nitrogens with one attached hydrogen (secondary N) is 1. The maximum absolute atomic E-state index is 4.09. The van der Waals surface area contributed by atoms with Gasteiger partial charge >= 0.3 is 0 Å². The van der Waals surface area contributed by atoms with Gasteiger partial charge in [0.2, 0.25) is 0 Å². The average Bonchev–Trinajstić information content (AvgIpc) is 2.30. The van der Waals surface area contributed by atoms with Gasteiger partial charge in [0.25, 0.3) is 0 Å². The van der Waals surface area contributed by atoms with E-state index in [1.54, 1.807) is 12.4 Å². The molecule has 1 N–H and O–H groups in total. The summed E-state index contributed by atoms with van der Waals surface area (Å²) < 4.78 is 1.04. The Labute approximate surface area is 102 Å². The van der Waals surface area contributed by atoms with E-state index in [2.05, 4.69) is 31.4 Å². The Kier molecular flexibility index (Phi) is 3.66. The molecule has 16 heavy (non-hydrogen) atoms. The Bertz CT molecular complexity index is 483. The quantitative estimate of drug-likeness (QED) is 0.690. The number of aromatic nitrogens is 1. The minimum Gasteiger partial charge on any atom is -0.261 e. The maximum Gasteiger partial charge on any atom is 0.146 e. The van der Waals surface area contributed by atoms with Crippen molar-refractivity contribution >= 4 is 28.0 Å². The van der Waals surface area contributed by atoms with Crippen molar-refractivity contribution in [2.24, 2.45) is 5.10 Å². The highest BCUT2D eigenvalue weighted by Gasteiger charge is 1.89. The van der Waals surface area contributed by atoms with E-state index < -0.39 is 0 Å². The van der Waals surface area contributed by atoms with Crippen molar-refractivity contribution in [3.8, 4) is 0 Å². The molecule has 0 aliphatic rings. The van der Waals surface area contributed by atoms with Crippen LogP contribution in [0.25, 0.3) is 0 Å². The summed E-state index contributed by atoms with van der Waals surface area (Å²) in [6.07, 6.45) is 3.47. The number of rotatable bonds is 3. The van der Waals surface area contributed by atoms with Gasteiger partial charge in [-0.15, -0.1) is 0 Å². The number of halogens is 1. The summed E-state index contributed by atoms with van der Waals surface area (Å²) in [7, 11) is 0. The first-order valence-electron chi connectivity index (χ1n) is 4.80. The van der Waals surface area contributed by atoms with E-state index in [1.807, 2.05) is 42.5 Å². The molecular weight excluding hydrogens is 266 g/mol. The average molecular weight is 276 g/mol. The SMILES string of the molecule is Brc1cccc(/C=N/Nc2ccccn2)c1. The lowest BCUT2D eigenvalue weighted by molar-refractivity contribution is 1.23. The van der Waals surface area contributed by atoms with Crippen LogP contribution in [0.3, 0.4) is 0 Å². The van der Waals surface area contributed by atoms with E-state index in [0.29, 0.717) is 0 Å². The largest absolute Gasteiger partial charge is 0.261 e. The molecule has 2 rings (SSSR count). The minimum absolute atomic E-state index is 0.730. The number of hydrogen-bond donors (Lipinski definition) is 1. The fourth-order valence-corrected chi connectivity index (χ4v) is 1.61. The molecule has 4 heteroatoms. The summed E-state index contributed by atoms with van der Waals surface area (Å²) in [6.45, 7) is 0. The van der Waals surface area contributed by atoms with Crippen LogP contribution in [-0.4, -0.2) is 11.2 Å². The van der Waals surface area contributed by atoms with Crippen molar-refractivity contribution in [3.63, 3.8) is 0 Å². The molecule has 3 nitrogen and oxygen atoms in total.